The molecule has 0 unspecified atom stereocenters. The minimum atomic E-state index is -0.650. The zero-order valence-corrected chi connectivity index (χ0v) is 13.9. The van der Waals surface area contributed by atoms with Crippen LogP contribution in [0.3, 0.4) is 0 Å². The number of hydrogen-bond acceptors (Lipinski definition) is 3. The smallest absolute Gasteiger partial charge is 0.429 e. The van der Waals surface area contributed by atoms with Crippen LogP contribution in [0.25, 0.3) is 0 Å². The molecule has 120 valence electrons. The van der Waals surface area contributed by atoms with Crippen molar-refractivity contribution >= 4 is 6.16 Å². The van der Waals surface area contributed by atoms with E-state index in [1.54, 1.807) is 0 Å². The topological polar surface area (TPSA) is 35.5 Å². The Morgan fingerprint density at radius 2 is 1.00 bits per heavy atom. The molecule has 0 aromatic heterocycles. The maximum Gasteiger partial charge on any atom is 0.508 e. The fourth-order valence-corrected chi connectivity index (χ4v) is 1.47. The third-order valence-electron chi connectivity index (χ3n) is 2.40. The Morgan fingerprint density at radius 1 is 0.682 bits per heavy atom. The number of rotatable bonds is 4. The Hall–Kier alpha value is -2.29. The Labute approximate surface area is 133 Å². The molecule has 0 saturated carbocycles. The first kappa shape index (κ1) is 19.7. The van der Waals surface area contributed by atoms with Gasteiger partial charge in [-0.15, -0.1) is 0 Å². The zero-order chi connectivity index (χ0) is 16.6. The van der Waals surface area contributed by atoms with E-state index in [1.807, 2.05) is 88.4 Å². The molecule has 0 bridgehead atoms. The van der Waals surface area contributed by atoms with Crippen LogP contribution in [0.5, 0.6) is 0 Å². The van der Waals surface area contributed by atoms with E-state index in [9.17, 15) is 4.79 Å². The molecule has 0 atom stereocenters. The summed E-state index contributed by atoms with van der Waals surface area (Å²) in [5.41, 5.74) is 1.88. The second-order valence-electron chi connectivity index (χ2n) is 3.80. The van der Waals surface area contributed by atoms with Gasteiger partial charge in [0.05, 0.1) is 0 Å². The molecule has 0 amide bonds. The number of benzene rings is 2. The molecular weight excluding hydrogens is 276 g/mol. The number of carbonyl (C=O) groups excluding carboxylic acids is 1. The quantitative estimate of drug-likeness (QED) is 0.690. The summed E-state index contributed by atoms with van der Waals surface area (Å²) in [5, 5.41) is 0. The van der Waals surface area contributed by atoms with Crippen molar-refractivity contribution in [3.05, 3.63) is 71.8 Å². The highest BCUT2D eigenvalue weighted by Crippen LogP contribution is 2.04. The molecule has 0 aliphatic heterocycles. The minimum absolute atomic E-state index is 0.231. The molecule has 0 heterocycles. The van der Waals surface area contributed by atoms with Crippen LogP contribution in [0.15, 0.2) is 60.7 Å². The van der Waals surface area contributed by atoms with Crippen molar-refractivity contribution in [3.8, 4) is 0 Å². The van der Waals surface area contributed by atoms with E-state index < -0.39 is 6.16 Å². The van der Waals surface area contributed by atoms with E-state index >= 15 is 0 Å². The molecule has 3 heteroatoms. The summed E-state index contributed by atoms with van der Waals surface area (Å²) >= 11 is 0. The van der Waals surface area contributed by atoms with Crippen LogP contribution in [0.2, 0.25) is 0 Å². The average molecular weight is 302 g/mol. The third-order valence-corrected chi connectivity index (χ3v) is 2.40. The number of carbonyl (C=O) groups is 1. The van der Waals surface area contributed by atoms with Crippen molar-refractivity contribution in [1.29, 1.82) is 0 Å². The van der Waals surface area contributed by atoms with E-state index in [4.69, 9.17) is 9.47 Å². The second kappa shape index (κ2) is 13.7. The van der Waals surface area contributed by atoms with Gasteiger partial charge < -0.3 is 9.47 Å². The Bertz CT molecular complexity index is 435. The second-order valence-corrected chi connectivity index (χ2v) is 3.80. The summed E-state index contributed by atoms with van der Waals surface area (Å²) in [6.07, 6.45) is -0.650. The van der Waals surface area contributed by atoms with Gasteiger partial charge in [0.25, 0.3) is 0 Å². The standard InChI is InChI=1S/C15H14O3.2C2H6/c16-15(17-11-13-7-3-1-4-8-13)18-12-14-9-5-2-6-10-14;2*1-2/h1-10H,11-12H2;2*1-2H3. The van der Waals surface area contributed by atoms with Gasteiger partial charge in [-0.05, 0) is 11.1 Å². The molecule has 0 saturated heterocycles. The van der Waals surface area contributed by atoms with Crippen molar-refractivity contribution in [2.75, 3.05) is 0 Å². The third kappa shape index (κ3) is 8.80. The molecule has 22 heavy (non-hydrogen) atoms. The van der Waals surface area contributed by atoms with E-state index in [2.05, 4.69) is 0 Å². The van der Waals surface area contributed by atoms with Gasteiger partial charge in [-0.25, -0.2) is 4.79 Å². The highest BCUT2D eigenvalue weighted by molar-refractivity contribution is 5.59. The van der Waals surface area contributed by atoms with Crippen LogP contribution in [-0.2, 0) is 22.7 Å². The van der Waals surface area contributed by atoms with Gasteiger partial charge in [-0.3, -0.25) is 0 Å². The summed E-state index contributed by atoms with van der Waals surface area (Å²) in [6.45, 7) is 8.46. The number of hydrogen-bond donors (Lipinski definition) is 0. The highest BCUT2D eigenvalue weighted by Gasteiger charge is 2.04. The monoisotopic (exact) mass is 302 g/mol. The van der Waals surface area contributed by atoms with Crippen molar-refractivity contribution in [1.82, 2.24) is 0 Å². The normalized spacial score (nSPS) is 8.55. The lowest BCUT2D eigenvalue weighted by Gasteiger charge is -2.06. The Morgan fingerprint density at radius 3 is 1.32 bits per heavy atom. The summed E-state index contributed by atoms with van der Waals surface area (Å²) in [4.78, 5) is 11.3. The van der Waals surface area contributed by atoms with E-state index in [-0.39, 0.29) is 13.2 Å². The zero-order valence-electron chi connectivity index (χ0n) is 13.9. The summed E-state index contributed by atoms with van der Waals surface area (Å²) in [7, 11) is 0. The molecule has 2 rings (SSSR count). The lowest BCUT2D eigenvalue weighted by atomic mass is 10.2. The first-order valence-electron chi connectivity index (χ1n) is 7.72. The van der Waals surface area contributed by atoms with Gasteiger partial charge in [0.1, 0.15) is 13.2 Å². The number of ether oxygens (including phenoxy) is 2. The highest BCUT2D eigenvalue weighted by atomic mass is 16.7. The first-order valence-corrected chi connectivity index (χ1v) is 7.72. The van der Waals surface area contributed by atoms with Gasteiger partial charge in [-0.1, -0.05) is 88.4 Å². The van der Waals surface area contributed by atoms with Gasteiger partial charge in [0, 0.05) is 0 Å². The van der Waals surface area contributed by atoms with Crippen LogP contribution in [-0.4, -0.2) is 6.16 Å². The fraction of sp³-hybridized carbons (Fsp3) is 0.316. The van der Waals surface area contributed by atoms with Crippen LogP contribution in [0.4, 0.5) is 4.79 Å². The predicted octanol–water partition coefficient (Wildman–Crippen LogP) is 5.59. The minimum Gasteiger partial charge on any atom is -0.429 e. The maximum atomic E-state index is 11.3. The Kier molecular flexibility index (Phi) is 12.3. The lowest BCUT2D eigenvalue weighted by Crippen LogP contribution is -2.07. The van der Waals surface area contributed by atoms with Crippen LogP contribution in [0, 0.1) is 0 Å². The Balaban J connectivity index is 0.00000102. The molecule has 0 aliphatic carbocycles. The van der Waals surface area contributed by atoms with Crippen LogP contribution < -0.4 is 0 Å². The van der Waals surface area contributed by atoms with Crippen molar-refractivity contribution in [2.24, 2.45) is 0 Å². The van der Waals surface area contributed by atoms with Crippen molar-refractivity contribution in [2.45, 2.75) is 40.9 Å². The molecular formula is C19H26O3. The van der Waals surface area contributed by atoms with Crippen LogP contribution >= 0.6 is 0 Å². The predicted molar refractivity (Wildman–Crippen MR) is 90.6 cm³/mol. The summed E-state index contributed by atoms with van der Waals surface area (Å²) < 4.78 is 9.98. The van der Waals surface area contributed by atoms with Gasteiger partial charge in [0.15, 0.2) is 0 Å². The molecule has 0 fully saturated rings. The lowest BCUT2D eigenvalue weighted by molar-refractivity contribution is 0.0446. The van der Waals surface area contributed by atoms with E-state index in [0.29, 0.717) is 0 Å². The van der Waals surface area contributed by atoms with Crippen molar-refractivity contribution < 1.29 is 14.3 Å². The van der Waals surface area contributed by atoms with E-state index in [1.165, 1.54) is 0 Å². The summed E-state index contributed by atoms with van der Waals surface area (Å²) in [6, 6.07) is 19.0. The average Bonchev–Trinajstić information content (AvgIpc) is 2.63. The first-order chi connectivity index (χ1) is 10.8. The fourth-order valence-electron chi connectivity index (χ4n) is 1.47. The van der Waals surface area contributed by atoms with Gasteiger partial charge >= 0.3 is 6.16 Å². The maximum absolute atomic E-state index is 11.3. The molecule has 2 aromatic rings. The molecule has 0 spiro atoms. The molecule has 0 aliphatic rings. The van der Waals surface area contributed by atoms with Crippen molar-refractivity contribution in [3.63, 3.8) is 0 Å². The molecule has 3 nitrogen and oxygen atoms in total. The summed E-state index contributed by atoms with van der Waals surface area (Å²) in [5.74, 6) is 0. The molecule has 0 radical (unpaired) electrons. The molecule has 2 aromatic carbocycles. The van der Waals surface area contributed by atoms with Gasteiger partial charge in [-0.2, -0.15) is 0 Å². The van der Waals surface area contributed by atoms with Crippen LogP contribution in [0.1, 0.15) is 38.8 Å². The SMILES string of the molecule is CC.CC.O=C(OCc1ccccc1)OCc1ccccc1. The van der Waals surface area contributed by atoms with E-state index in [0.717, 1.165) is 11.1 Å². The van der Waals surface area contributed by atoms with Gasteiger partial charge in [0.2, 0.25) is 0 Å². The largest absolute Gasteiger partial charge is 0.508 e. The molecule has 0 N–H and O–H groups in total.